The molecule has 0 unspecified atom stereocenters. The van der Waals surface area contributed by atoms with Gasteiger partial charge in [-0.2, -0.15) is 0 Å². The molecular weight excluding hydrogens is 314 g/mol. The third-order valence-corrected chi connectivity index (χ3v) is 2.92. The summed E-state index contributed by atoms with van der Waals surface area (Å²) in [5.41, 5.74) is 0.563. The van der Waals surface area contributed by atoms with Gasteiger partial charge in [0.05, 0.1) is 11.5 Å². The largest absolute Gasteiger partial charge is 0.450 e. The van der Waals surface area contributed by atoms with E-state index in [0.29, 0.717) is 15.8 Å². The van der Waals surface area contributed by atoms with Crippen molar-refractivity contribution in [2.45, 2.75) is 6.61 Å². The minimum absolute atomic E-state index is 0.113. The van der Waals surface area contributed by atoms with E-state index in [9.17, 15) is 10.1 Å². The van der Waals surface area contributed by atoms with Gasteiger partial charge in [-0.05, 0) is 23.8 Å². The van der Waals surface area contributed by atoms with Crippen molar-refractivity contribution < 1.29 is 14.8 Å². The summed E-state index contributed by atoms with van der Waals surface area (Å²) in [6, 6.07) is 11.2. The summed E-state index contributed by atoms with van der Waals surface area (Å²) in [6.45, 7) is -0.113. The van der Waals surface area contributed by atoms with Crippen LogP contribution in [0.2, 0.25) is 0 Å². The third-order valence-electron chi connectivity index (χ3n) is 2.43. The lowest BCUT2D eigenvalue weighted by Crippen LogP contribution is -1.94. The summed E-state index contributed by atoms with van der Waals surface area (Å²) in [4.78, 5) is 10.4. The van der Waals surface area contributed by atoms with E-state index in [4.69, 9.17) is 9.84 Å². The first kappa shape index (κ1) is 13.5. The van der Waals surface area contributed by atoms with E-state index in [-0.39, 0.29) is 18.0 Å². The van der Waals surface area contributed by atoms with Gasteiger partial charge in [-0.15, -0.1) is 0 Å². The predicted molar refractivity (Wildman–Crippen MR) is 73.2 cm³/mol. The molecule has 0 heterocycles. The molecule has 0 bridgehead atoms. The van der Waals surface area contributed by atoms with Crippen LogP contribution >= 0.6 is 15.9 Å². The molecule has 0 aliphatic carbocycles. The molecule has 0 fully saturated rings. The fourth-order valence-corrected chi connectivity index (χ4v) is 1.89. The highest BCUT2D eigenvalue weighted by molar-refractivity contribution is 9.10. The summed E-state index contributed by atoms with van der Waals surface area (Å²) in [5.74, 6) is 0.585. The summed E-state index contributed by atoms with van der Waals surface area (Å²) >= 11 is 3.24. The summed E-state index contributed by atoms with van der Waals surface area (Å²) in [6.07, 6.45) is 0. The van der Waals surface area contributed by atoms with Crippen LogP contribution in [0, 0.1) is 10.1 Å². The molecule has 0 aromatic heterocycles. The fraction of sp³-hybridized carbons (Fsp3) is 0.0769. The first-order valence-electron chi connectivity index (χ1n) is 5.42. The topological polar surface area (TPSA) is 72.6 Å². The lowest BCUT2D eigenvalue weighted by molar-refractivity contribution is -0.385. The van der Waals surface area contributed by atoms with Gasteiger partial charge >= 0.3 is 5.69 Å². The van der Waals surface area contributed by atoms with Crippen molar-refractivity contribution in [2.24, 2.45) is 0 Å². The molecule has 2 rings (SSSR count). The van der Waals surface area contributed by atoms with Crippen molar-refractivity contribution in [3.05, 3.63) is 62.6 Å². The number of nitro groups is 1. The molecule has 0 aliphatic rings. The molecule has 0 saturated heterocycles. The molecule has 19 heavy (non-hydrogen) atoms. The number of halogens is 1. The Bertz CT molecular complexity index is 615. The highest BCUT2D eigenvalue weighted by Crippen LogP contribution is 2.33. The fourth-order valence-electron chi connectivity index (χ4n) is 1.55. The van der Waals surface area contributed by atoms with Crippen molar-refractivity contribution in [1.82, 2.24) is 0 Å². The normalized spacial score (nSPS) is 10.2. The van der Waals surface area contributed by atoms with Crippen LogP contribution in [-0.4, -0.2) is 10.0 Å². The lowest BCUT2D eigenvalue weighted by atomic mass is 10.2. The van der Waals surface area contributed by atoms with Gasteiger partial charge in [0, 0.05) is 16.6 Å². The second-order valence-corrected chi connectivity index (χ2v) is 4.69. The maximum atomic E-state index is 10.9. The van der Waals surface area contributed by atoms with Gasteiger partial charge in [0.25, 0.3) is 0 Å². The van der Waals surface area contributed by atoms with Gasteiger partial charge in [-0.1, -0.05) is 28.1 Å². The number of nitrogens with zero attached hydrogens (tertiary/aromatic N) is 1. The number of hydrogen-bond donors (Lipinski definition) is 1. The molecule has 5 nitrogen and oxygen atoms in total. The van der Waals surface area contributed by atoms with Crippen LogP contribution < -0.4 is 4.74 Å². The van der Waals surface area contributed by atoms with E-state index in [1.54, 1.807) is 30.3 Å². The summed E-state index contributed by atoms with van der Waals surface area (Å²) in [7, 11) is 0. The van der Waals surface area contributed by atoms with Crippen LogP contribution in [0.4, 0.5) is 5.69 Å². The molecule has 6 heteroatoms. The molecule has 0 aliphatic heterocycles. The molecule has 0 radical (unpaired) electrons. The third kappa shape index (κ3) is 3.30. The number of rotatable bonds is 4. The Morgan fingerprint density at radius 2 is 2.05 bits per heavy atom. The van der Waals surface area contributed by atoms with Crippen molar-refractivity contribution in [3.63, 3.8) is 0 Å². The zero-order chi connectivity index (χ0) is 13.8. The van der Waals surface area contributed by atoms with Gasteiger partial charge in [0.15, 0.2) is 0 Å². The number of aliphatic hydroxyl groups is 1. The molecule has 1 N–H and O–H groups in total. The molecule has 2 aromatic rings. The van der Waals surface area contributed by atoms with Crippen LogP contribution in [0.5, 0.6) is 11.5 Å². The number of hydrogen-bond acceptors (Lipinski definition) is 4. The van der Waals surface area contributed by atoms with Crippen molar-refractivity contribution in [2.75, 3.05) is 0 Å². The Morgan fingerprint density at radius 1 is 1.26 bits per heavy atom. The molecule has 98 valence electrons. The van der Waals surface area contributed by atoms with E-state index in [1.165, 1.54) is 12.1 Å². The Balaban J connectivity index is 2.36. The lowest BCUT2D eigenvalue weighted by Gasteiger charge is -2.07. The zero-order valence-corrected chi connectivity index (χ0v) is 11.3. The van der Waals surface area contributed by atoms with Crippen molar-refractivity contribution in [1.29, 1.82) is 0 Å². The molecule has 0 atom stereocenters. The van der Waals surface area contributed by atoms with Crippen molar-refractivity contribution in [3.8, 4) is 11.5 Å². The van der Waals surface area contributed by atoms with Crippen LogP contribution in [0.3, 0.4) is 0 Å². The zero-order valence-electron chi connectivity index (χ0n) is 9.75. The number of nitro benzene ring substituents is 1. The Morgan fingerprint density at radius 3 is 2.74 bits per heavy atom. The summed E-state index contributed by atoms with van der Waals surface area (Å²) in [5, 5.41) is 20.0. The van der Waals surface area contributed by atoms with Crippen LogP contribution in [0.25, 0.3) is 0 Å². The van der Waals surface area contributed by atoms with Crippen LogP contribution in [0.15, 0.2) is 46.9 Å². The van der Waals surface area contributed by atoms with E-state index in [0.717, 1.165) is 0 Å². The second kappa shape index (κ2) is 5.81. The molecule has 0 saturated carbocycles. The average Bonchev–Trinajstić information content (AvgIpc) is 2.38. The van der Waals surface area contributed by atoms with Gasteiger partial charge in [-0.25, -0.2) is 0 Å². The van der Waals surface area contributed by atoms with E-state index in [1.807, 2.05) is 0 Å². The van der Waals surface area contributed by atoms with Crippen LogP contribution in [0.1, 0.15) is 5.56 Å². The standard InChI is InChI=1S/C13H10BrNO4/c14-10-4-5-12(15(17)18)13(7-10)19-11-3-1-2-9(6-11)8-16/h1-7,16H,8H2. The number of benzene rings is 2. The van der Waals surface area contributed by atoms with E-state index in [2.05, 4.69) is 15.9 Å². The first-order chi connectivity index (χ1) is 9.10. The van der Waals surface area contributed by atoms with E-state index < -0.39 is 4.92 Å². The van der Waals surface area contributed by atoms with Crippen molar-refractivity contribution >= 4 is 21.6 Å². The van der Waals surface area contributed by atoms with Gasteiger partial charge in [-0.3, -0.25) is 10.1 Å². The Hall–Kier alpha value is -1.92. The van der Waals surface area contributed by atoms with Crippen LogP contribution in [-0.2, 0) is 6.61 Å². The minimum Gasteiger partial charge on any atom is -0.450 e. The predicted octanol–water partition coefficient (Wildman–Crippen LogP) is 3.64. The van der Waals surface area contributed by atoms with Gasteiger partial charge in [0.1, 0.15) is 5.75 Å². The van der Waals surface area contributed by atoms with Gasteiger partial charge in [0.2, 0.25) is 5.75 Å². The second-order valence-electron chi connectivity index (χ2n) is 3.78. The maximum Gasteiger partial charge on any atom is 0.311 e. The SMILES string of the molecule is O=[N+]([O-])c1ccc(Br)cc1Oc1cccc(CO)c1. The van der Waals surface area contributed by atoms with Gasteiger partial charge < -0.3 is 9.84 Å². The molecule has 0 spiro atoms. The van der Waals surface area contributed by atoms with E-state index >= 15 is 0 Å². The number of ether oxygens (including phenoxy) is 1. The Labute approximate surface area is 117 Å². The average molecular weight is 324 g/mol. The minimum atomic E-state index is -0.502. The molecular formula is C13H10BrNO4. The Kier molecular flexibility index (Phi) is 4.13. The maximum absolute atomic E-state index is 10.9. The monoisotopic (exact) mass is 323 g/mol. The summed E-state index contributed by atoms with van der Waals surface area (Å²) < 4.78 is 6.20. The first-order valence-corrected chi connectivity index (χ1v) is 6.21. The smallest absolute Gasteiger partial charge is 0.311 e. The highest BCUT2D eigenvalue weighted by atomic mass is 79.9. The molecule has 0 amide bonds. The number of aliphatic hydroxyl groups excluding tert-OH is 1. The quantitative estimate of drug-likeness (QED) is 0.688. The molecule has 2 aromatic carbocycles. The highest BCUT2D eigenvalue weighted by Gasteiger charge is 2.16.